The van der Waals surface area contributed by atoms with Gasteiger partial charge in [-0.05, 0) is 44.6 Å². The van der Waals surface area contributed by atoms with E-state index in [1.807, 2.05) is 13.1 Å². The molecule has 0 aromatic carbocycles. The van der Waals surface area contributed by atoms with E-state index in [0.29, 0.717) is 6.10 Å². The van der Waals surface area contributed by atoms with Crippen molar-refractivity contribution in [3.8, 4) is 0 Å². The molecule has 0 spiro atoms. The Bertz CT molecular complexity index is 370. The topological polar surface area (TPSA) is 47.3 Å². The van der Waals surface area contributed by atoms with E-state index in [0.717, 1.165) is 43.7 Å². The molecule has 1 fully saturated rings. The molecular weight excluding hydrogens is 228 g/mol. The van der Waals surface area contributed by atoms with Gasteiger partial charge in [-0.1, -0.05) is 6.92 Å². The maximum absolute atomic E-state index is 10.2. The summed E-state index contributed by atoms with van der Waals surface area (Å²) in [6, 6.07) is 2.01. The Balaban J connectivity index is 1.79. The van der Waals surface area contributed by atoms with Gasteiger partial charge in [-0.25, -0.2) is 0 Å². The van der Waals surface area contributed by atoms with Gasteiger partial charge in [0.05, 0.1) is 23.6 Å². The Labute approximate surface area is 109 Å². The van der Waals surface area contributed by atoms with E-state index in [1.165, 1.54) is 12.8 Å². The molecular formula is C14H24N2O2. The number of aliphatic hydroxyl groups excluding tert-OH is 1. The minimum Gasteiger partial charge on any atom is -0.387 e. The lowest BCUT2D eigenvalue weighted by atomic mass is 10.0. The van der Waals surface area contributed by atoms with Crippen molar-refractivity contribution in [1.82, 2.24) is 9.78 Å². The van der Waals surface area contributed by atoms with E-state index in [1.54, 1.807) is 4.68 Å². The zero-order chi connectivity index (χ0) is 13.0. The Morgan fingerprint density at radius 2 is 2.44 bits per heavy atom. The zero-order valence-electron chi connectivity index (χ0n) is 11.4. The highest BCUT2D eigenvalue weighted by atomic mass is 16.5. The Hall–Kier alpha value is -0.870. The lowest BCUT2D eigenvalue weighted by Gasteiger charge is -2.13. The van der Waals surface area contributed by atoms with Crippen LogP contribution in [0.15, 0.2) is 6.07 Å². The third-order valence-corrected chi connectivity index (χ3v) is 3.70. The van der Waals surface area contributed by atoms with Gasteiger partial charge in [0.1, 0.15) is 0 Å². The standard InChI is InChI=1S/C14H24N2O2/c1-3-11-10-13(16(2)15-11)14(17)8-4-6-12-7-5-9-18-12/h10,12,14,17H,3-9H2,1-2H3. The van der Waals surface area contributed by atoms with Gasteiger partial charge in [0.25, 0.3) is 0 Å². The molecule has 1 aromatic rings. The number of hydrogen-bond acceptors (Lipinski definition) is 3. The number of hydrogen-bond donors (Lipinski definition) is 1. The summed E-state index contributed by atoms with van der Waals surface area (Å²) >= 11 is 0. The second kappa shape index (κ2) is 6.34. The van der Waals surface area contributed by atoms with Crippen LogP contribution in [-0.4, -0.2) is 27.6 Å². The molecule has 2 atom stereocenters. The smallest absolute Gasteiger partial charge is 0.0956 e. The molecule has 4 heteroatoms. The van der Waals surface area contributed by atoms with Gasteiger partial charge in [-0.15, -0.1) is 0 Å². The molecule has 1 N–H and O–H groups in total. The third kappa shape index (κ3) is 3.33. The van der Waals surface area contributed by atoms with Crippen LogP contribution in [0.4, 0.5) is 0 Å². The summed E-state index contributed by atoms with van der Waals surface area (Å²) < 4.78 is 7.39. The average molecular weight is 252 g/mol. The van der Waals surface area contributed by atoms with Gasteiger partial charge >= 0.3 is 0 Å². The first-order valence-corrected chi connectivity index (χ1v) is 7.03. The Kier molecular flexibility index (Phi) is 4.78. The first kappa shape index (κ1) is 13.6. The molecule has 1 aliphatic heterocycles. The average Bonchev–Trinajstić information content (AvgIpc) is 2.98. The predicted octanol–water partition coefficient (Wildman–Crippen LogP) is 2.37. The maximum Gasteiger partial charge on any atom is 0.0956 e. The number of nitrogens with zero attached hydrogens (tertiary/aromatic N) is 2. The van der Waals surface area contributed by atoms with Crippen LogP contribution in [0.25, 0.3) is 0 Å². The fourth-order valence-corrected chi connectivity index (χ4v) is 2.59. The molecule has 1 aromatic heterocycles. The zero-order valence-corrected chi connectivity index (χ0v) is 11.4. The molecule has 18 heavy (non-hydrogen) atoms. The van der Waals surface area contributed by atoms with Crippen LogP contribution in [-0.2, 0) is 18.2 Å². The van der Waals surface area contributed by atoms with E-state index in [4.69, 9.17) is 4.74 Å². The number of aromatic nitrogens is 2. The molecule has 0 saturated carbocycles. The number of rotatable bonds is 6. The van der Waals surface area contributed by atoms with Crippen LogP contribution in [0.1, 0.15) is 56.5 Å². The van der Waals surface area contributed by atoms with Crippen molar-refractivity contribution in [1.29, 1.82) is 0 Å². The summed E-state index contributed by atoms with van der Waals surface area (Å²) in [7, 11) is 1.90. The maximum atomic E-state index is 10.2. The minimum absolute atomic E-state index is 0.399. The second-order valence-corrected chi connectivity index (χ2v) is 5.12. The minimum atomic E-state index is -0.399. The van der Waals surface area contributed by atoms with Crippen LogP contribution in [0.5, 0.6) is 0 Å². The van der Waals surface area contributed by atoms with Crippen LogP contribution >= 0.6 is 0 Å². The fourth-order valence-electron chi connectivity index (χ4n) is 2.59. The summed E-state index contributed by atoms with van der Waals surface area (Å²) in [4.78, 5) is 0. The molecule has 2 heterocycles. The van der Waals surface area contributed by atoms with Crippen molar-refractivity contribution in [3.05, 3.63) is 17.5 Å². The van der Waals surface area contributed by atoms with E-state index in [-0.39, 0.29) is 0 Å². The summed E-state index contributed by atoms with van der Waals surface area (Å²) in [5.41, 5.74) is 1.98. The molecule has 2 rings (SSSR count). The SMILES string of the molecule is CCc1cc(C(O)CCCC2CCCO2)n(C)n1. The van der Waals surface area contributed by atoms with Crippen LogP contribution < -0.4 is 0 Å². The molecule has 0 aliphatic carbocycles. The van der Waals surface area contributed by atoms with E-state index < -0.39 is 6.10 Å². The number of aryl methyl sites for hydroxylation is 2. The summed E-state index contributed by atoms with van der Waals surface area (Å²) in [5.74, 6) is 0. The molecule has 0 radical (unpaired) electrons. The first-order chi connectivity index (χ1) is 8.70. The van der Waals surface area contributed by atoms with E-state index in [2.05, 4.69) is 12.0 Å². The highest BCUT2D eigenvalue weighted by Gasteiger charge is 2.17. The van der Waals surface area contributed by atoms with Gasteiger partial charge in [-0.2, -0.15) is 5.10 Å². The van der Waals surface area contributed by atoms with Crippen LogP contribution in [0.2, 0.25) is 0 Å². The van der Waals surface area contributed by atoms with Crippen LogP contribution in [0, 0.1) is 0 Å². The lowest BCUT2D eigenvalue weighted by Crippen LogP contribution is -2.08. The van der Waals surface area contributed by atoms with Gasteiger partial charge in [0.15, 0.2) is 0 Å². The molecule has 2 unspecified atom stereocenters. The largest absolute Gasteiger partial charge is 0.387 e. The van der Waals surface area contributed by atoms with Gasteiger partial charge in [0, 0.05) is 13.7 Å². The van der Waals surface area contributed by atoms with Crippen molar-refractivity contribution in [2.75, 3.05) is 6.61 Å². The van der Waals surface area contributed by atoms with Crippen molar-refractivity contribution in [2.24, 2.45) is 7.05 Å². The fraction of sp³-hybridized carbons (Fsp3) is 0.786. The second-order valence-electron chi connectivity index (χ2n) is 5.12. The van der Waals surface area contributed by atoms with Crippen molar-refractivity contribution in [2.45, 2.75) is 57.7 Å². The van der Waals surface area contributed by atoms with Crippen molar-refractivity contribution >= 4 is 0 Å². The van der Waals surface area contributed by atoms with Gasteiger partial charge in [-0.3, -0.25) is 4.68 Å². The Morgan fingerprint density at radius 3 is 3.06 bits per heavy atom. The molecule has 0 amide bonds. The van der Waals surface area contributed by atoms with E-state index in [9.17, 15) is 5.11 Å². The highest BCUT2D eigenvalue weighted by Crippen LogP contribution is 2.23. The molecule has 1 saturated heterocycles. The predicted molar refractivity (Wildman–Crippen MR) is 70.4 cm³/mol. The normalized spacial score (nSPS) is 21.4. The quantitative estimate of drug-likeness (QED) is 0.845. The molecule has 4 nitrogen and oxygen atoms in total. The monoisotopic (exact) mass is 252 g/mol. The van der Waals surface area contributed by atoms with Gasteiger partial charge in [0.2, 0.25) is 0 Å². The van der Waals surface area contributed by atoms with Crippen molar-refractivity contribution < 1.29 is 9.84 Å². The van der Waals surface area contributed by atoms with E-state index >= 15 is 0 Å². The molecule has 1 aliphatic rings. The Morgan fingerprint density at radius 1 is 1.61 bits per heavy atom. The summed E-state index contributed by atoms with van der Waals surface area (Å²) in [6.45, 7) is 2.99. The van der Waals surface area contributed by atoms with Crippen LogP contribution in [0.3, 0.4) is 0 Å². The number of ether oxygens (including phenoxy) is 1. The molecule has 0 bridgehead atoms. The lowest BCUT2D eigenvalue weighted by molar-refractivity contribution is 0.0934. The summed E-state index contributed by atoms with van der Waals surface area (Å²) in [5, 5.41) is 14.6. The molecule has 102 valence electrons. The number of aliphatic hydroxyl groups is 1. The highest BCUT2D eigenvalue weighted by molar-refractivity contribution is 5.12. The summed E-state index contributed by atoms with van der Waals surface area (Å²) in [6.07, 6.45) is 6.18. The first-order valence-electron chi connectivity index (χ1n) is 7.03. The third-order valence-electron chi connectivity index (χ3n) is 3.70. The van der Waals surface area contributed by atoms with Gasteiger partial charge < -0.3 is 9.84 Å². The van der Waals surface area contributed by atoms with Crippen molar-refractivity contribution in [3.63, 3.8) is 0 Å².